The lowest BCUT2D eigenvalue weighted by atomic mass is 9.88. The van der Waals surface area contributed by atoms with Crippen LogP contribution in [0.1, 0.15) is 49.4 Å². The molecule has 0 bridgehead atoms. The van der Waals surface area contributed by atoms with Gasteiger partial charge in [-0.1, -0.05) is 38.1 Å². The van der Waals surface area contributed by atoms with Crippen LogP contribution in [0.15, 0.2) is 60.8 Å². The van der Waals surface area contributed by atoms with Crippen LogP contribution >= 0.6 is 0 Å². The fraction of sp³-hybridized carbons (Fsp3) is 0.310. The smallest absolute Gasteiger partial charge is 0.309 e. The third-order valence-corrected chi connectivity index (χ3v) is 6.05. The molecule has 2 unspecified atom stereocenters. The van der Waals surface area contributed by atoms with Crippen molar-refractivity contribution in [3.05, 3.63) is 83.4 Å². The van der Waals surface area contributed by atoms with Gasteiger partial charge in [-0.2, -0.15) is 0 Å². The van der Waals surface area contributed by atoms with Crippen molar-refractivity contribution in [1.82, 2.24) is 4.98 Å². The van der Waals surface area contributed by atoms with Crippen LogP contribution in [0.3, 0.4) is 0 Å². The summed E-state index contributed by atoms with van der Waals surface area (Å²) in [6.07, 6.45) is 4.39. The first-order valence-corrected chi connectivity index (χ1v) is 11.9. The lowest BCUT2D eigenvalue weighted by molar-refractivity contribution is -0.156. The van der Waals surface area contributed by atoms with E-state index in [0.29, 0.717) is 17.9 Å². The Morgan fingerprint density at radius 3 is 2.64 bits per heavy atom. The van der Waals surface area contributed by atoms with Gasteiger partial charge < -0.3 is 19.3 Å². The summed E-state index contributed by atoms with van der Waals surface area (Å²) >= 11 is 0. The minimum Gasteiger partial charge on any atom is -0.493 e. The SMILES string of the molecule is COc1cc(C(C)C)c(/C=C/C2CC(O)CC(=O)O2)c(-c2ccc(F)cc2)c1OCc1ccccn1. The maximum atomic E-state index is 13.8. The number of pyridine rings is 1. The number of hydrogen-bond donors (Lipinski definition) is 1. The predicted molar refractivity (Wildman–Crippen MR) is 135 cm³/mol. The minimum atomic E-state index is -0.741. The van der Waals surface area contributed by atoms with Crippen LogP contribution in [0, 0.1) is 5.82 Å². The third kappa shape index (κ3) is 5.91. The van der Waals surface area contributed by atoms with Crippen molar-refractivity contribution in [3.8, 4) is 22.6 Å². The molecule has 1 aliphatic heterocycles. The molecule has 2 aromatic carbocycles. The van der Waals surface area contributed by atoms with Crippen LogP contribution in [-0.2, 0) is 16.1 Å². The number of halogens is 1. The van der Waals surface area contributed by atoms with Crippen molar-refractivity contribution in [2.75, 3.05) is 7.11 Å². The molecule has 1 aliphatic rings. The fourth-order valence-corrected chi connectivity index (χ4v) is 4.29. The Balaban J connectivity index is 1.86. The number of benzene rings is 2. The normalized spacial score (nSPS) is 17.9. The van der Waals surface area contributed by atoms with Gasteiger partial charge >= 0.3 is 5.97 Å². The van der Waals surface area contributed by atoms with Gasteiger partial charge in [0.05, 0.1) is 25.3 Å². The van der Waals surface area contributed by atoms with Crippen molar-refractivity contribution in [1.29, 1.82) is 0 Å². The first-order valence-electron chi connectivity index (χ1n) is 11.9. The molecule has 36 heavy (non-hydrogen) atoms. The summed E-state index contributed by atoms with van der Waals surface area (Å²) in [5.41, 5.74) is 4.04. The van der Waals surface area contributed by atoms with Crippen molar-refractivity contribution < 1.29 is 28.5 Å². The van der Waals surface area contributed by atoms with Crippen LogP contribution in [0.2, 0.25) is 0 Å². The quantitative estimate of drug-likeness (QED) is 0.409. The van der Waals surface area contributed by atoms with E-state index >= 15 is 0 Å². The zero-order valence-corrected chi connectivity index (χ0v) is 20.6. The first kappa shape index (κ1) is 25.4. The topological polar surface area (TPSA) is 77.9 Å². The van der Waals surface area contributed by atoms with E-state index in [1.807, 2.05) is 30.3 Å². The monoisotopic (exact) mass is 491 g/mol. The van der Waals surface area contributed by atoms with Crippen molar-refractivity contribution >= 4 is 12.0 Å². The molecule has 2 atom stereocenters. The number of carbonyl (C=O) groups is 1. The van der Waals surface area contributed by atoms with Crippen molar-refractivity contribution in [2.45, 2.75) is 51.4 Å². The second-order valence-corrected chi connectivity index (χ2v) is 9.04. The molecule has 0 saturated carbocycles. The largest absolute Gasteiger partial charge is 0.493 e. The highest BCUT2D eigenvalue weighted by atomic mass is 19.1. The van der Waals surface area contributed by atoms with Gasteiger partial charge in [-0.05, 0) is 59.0 Å². The Morgan fingerprint density at radius 1 is 1.22 bits per heavy atom. The number of nitrogens with zero attached hydrogens (tertiary/aromatic N) is 1. The highest BCUT2D eigenvalue weighted by Gasteiger charge is 2.26. The Morgan fingerprint density at radius 2 is 2.00 bits per heavy atom. The molecule has 188 valence electrons. The van der Waals surface area contributed by atoms with E-state index in [-0.39, 0.29) is 24.8 Å². The van der Waals surface area contributed by atoms with Gasteiger partial charge in [0.1, 0.15) is 18.5 Å². The molecule has 1 aromatic heterocycles. The van der Waals surface area contributed by atoms with E-state index in [9.17, 15) is 14.3 Å². The summed E-state index contributed by atoms with van der Waals surface area (Å²) < 4.78 is 31.3. The number of esters is 1. The van der Waals surface area contributed by atoms with E-state index in [0.717, 1.165) is 27.9 Å². The van der Waals surface area contributed by atoms with Gasteiger partial charge in [0, 0.05) is 18.2 Å². The molecule has 2 heterocycles. The van der Waals surface area contributed by atoms with E-state index < -0.39 is 18.2 Å². The Bertz CT molecular complexity index is 1220. The summed E-state index contributed by atoms with van der Waals surface area (Å²) in [6.45, 7) is 4.35. The minimum absolute atomic E-state index is 0.00351. The molecule has 0 aliphatic carbocycles. The predicted octanol–water partition coefficient (Wildman–Crippen LogP) is 5.68. The number of cyclic esters (lactones) is 1. The van der Waals surface area contributed by atoms with Crippen molar-refractivity contribution in [3.63, 3.8) is 0 Å². The van der Waals surface area contributed by atoms with E-state index in [2.05, 4.69) is 18.8 Å². The van der Waals surface area contributed by atoms with Gasteiger partial charge in [0.15, 0.2) is 11.5 Å². The lowest BCUT2D eigenvalue weighted by Crippen LogP contribution is -2.31. The molecule has 0 amide bonds. The summed E-state index contributed by atoms with van der Waals surface area (Å²) in [5, 5.41) is 10.0. The highest BCUT2D eigenvalue weighted by molar-refractivity contribution is 5.85. The van der Waals surface area contributed by atoms with Gasteiger partial charge in [-0.25, -0.2) is 4.39 Å². The molecule has 3 aromatic rings. The molecule has 7 heteroatoms. The van der Waals surface area contributed by atoms with Crippen LogP contribution < -0.4 is 9.47 Å². The summed E-state index contributed by atoms with van der Waals surface area (Å²) in [7, 11) is 1.58. The number of aromatic nitrogens is 1. The van der Waals surface area contributed by atoms with E-state index in [1.165, 1.54) is 12.1 Å². The maximum Gasteiger partial charge on any atom is 0.309 e. The van der Waals surface area contributed by atoms with Crippen LogP contribution in [-0.4, -0.2) is 35.4 Å². The molecular formula is C29H30FNO5. The molecule has 6 nitrogen and oxygen atoms in total. The number of methoxy groups -OCH3 is 1. The zero-order valence-electron chi connectivity index (χ0n) is 20.6. The molecule has 0 radical (unpaired) electrons. The third-order valence-electron chi connectivity index (χ3n) is 6.05. The standard InChI is InChI=1S/C29H30FNO5/c1-18(2)25-16-26(34-3)29(35-17-21-6-4-5-13-31-21)28(19-7-9-20(30)10-8-19)24(25)12-11-23-14-22(32)15-27(33)36-23/h4-13,16,18,22-23,32H,14-15,17H2,1-3H3/b12-11+. The van der Waals surface area contributed by atoms with E-state index in [4.69, 9.17) is 14.2 Å². The number of carbonyl (C=O) groups excluding carboxylic acids is 1. The average molecular weight is 492 g/mol. The zero-order chi connectivity index (χ0) is 25.7. The molecule has 1 saturated heterocycles. The van der Waals surface area contributed by atoms with Crippen molar-refractivity contribution in [2.24, 2.45) is 0 Å². The maximum absolute atomic E-state index is 13.8. The molecule has 0 spiro atoms. The van der Waals surface area contributed by atoms with Gasteiger partial charge in [0.25, 0.3) is 0 Å². The Hall–Kier alpha value is -3.71. The van der Waals surface area contributed by atoms with E-state index in [1.54, 1.807) is 31.5 Å². The van der Waals surface area contributed by atoms with Crippen LogP contribution in [0.4, 0.5) is 4.39 Å². The number of aliphatic hydroxyl groups is 1. The van der Waals surface area contributed by atoms with Gasteiger partial charge in [-0.3, -0.25) is 9.78 Å². The van der Waals surface area contributed by atoms with Crippen LogP contribution in [0.25, 0.3) is 17.2 Å². The number of ether oxygens (including phenoxy) is 3. The summed E-state index contributed by atoms with van der Waals surface area (Å²) in [6, 6.07) is 13.7. The molecule has 1 N–H and O–H groups in total. The first-order chi connectivity index (χ1) is 17.4. The average Bonchev–Trinajstić information content (AvgIpc) is 2.86. The number of rotatable bonds is 8. The Kier molecular flexibility index (Phi) is 8.00. The van der Waals surface area contributed by atoms with Gasteiger partial charge in [-0.15, -0.1) is 0 Å². The molecule has 1 fully saturated rings. The summed E-state index contributed by atoms with van der Waals surface area (Å²) in [4.78, 5) is 16.2. The van der Waals surface area contributed by atoms with Gasteiger partial charge in [0.2, 0.25) is 0 Å². The number of hydrogen-bond acceptors (Lipinski definition) is 6. The second-order valence-electron chi connectivity index (χ2n) is 9.04. The fourth-order valence-electron chi connectivity index (χ4n) is 4.29. The molecular weight excluding hydrogens is 461 g/mol. The summed E-state index contributed by atoms with van der Waals surface area (Å²) in [5.74, 6) is 0.384. The highest BCUT2D eigenvalue weighted by Crippen LogP contribution is 2.45. The Labute approximate surface area is 210 Å². The lowest BCUT2D eigenvalue weighted by Gasteiger charge is -2.25. The number of aliphatic hydroxyl groups excluding tert-OH is 1. The molecule has 4 rings (SSSR count). The van der Waals surface area contributed by atoms with Crippen LogP contribution in [0.5, 0.6) is 11.5 Å². The second kappa shape index (κ2) is 11.4.